The predicted molar refractivity (Wildman–Crippen MR) is 97.6 cm³/mol. The second kappa shape index (κ2) is 9.21. The lowest BCUT2D eigenvalue weighted by Gasteiger charge is -2.22. The summed E-state index contributed by atoms with van der Waals surface area (Å²) in [4.78, 5) is 12.2. The number of aryl methyl sites for hydroxylation is 1. The van der Waals surface area contributed by atoms with Crippen LogP contribution in [0, 0.1) is 5.92 Å². The lowest BCUT2D eigenvalue weighted by atomic mass is 9.89. The number of rotatable bonds is 8. The third-order valence-corrected chi connectivity index (χ3v) is 7.08. The Labute approximate surface area is 146 Å². The van der Waals surface area contributed by atoms with E-state index in [0.717, 1.165) is 24.8 Å². The van der Waals surface area contributed by atoms with Crippen LogP contribution in [-0.4, -0.2) is 31.9 Å². The fourth-order valence-electron chi connectivity index (χ4n) is 3.24. The molecular weight excluding hydrogens is 322 g/mol. The highest BCUT2D eigenvalue weighted by atomic mass is 32.2. The predicted octanol–water partition coefficient (Wildman–Crippen LogP) is 3.12. The summed E-state index contributed by atoms with van der Waals surface area (Å²) in [6, 6.07) is 9.83. The second-order valence-corrected chi connectivity index (χ2v) is 9.29. The quantitative estimate of drug-likeness (QED) is 0.783. The van der Waals surface area contributed by atoms with Crippen LogP contribution in [0.2, 0.25) is 0 Å². The van der Waals surface area contributed by atoms with Gasteiger partial charge in [-0.3, -0.25) is 4.79 Å². The molecule has 1 fully saturated rings. The van der Waals surface area contributed by atoms with E-state index in [1.54, 1.807) is 0 Å². The molecule has 1 amide bonds. The zero-order valence-corrected chi connectivity index (χ0v) is 15.4. The summed E-state index contributed by atoms with van der Waals surface area (Å²) >= 11 is 0. The molecule has 2 rings (SSSR count). The van der Waals surface area contributed by atoms with Gasteiger partial charge >= 0.3 is 0 Å². The Kier molecular flexibility index (Phi) is 7.28. The highest BCUT2D eigenvalue weighted by molar-refractivity contribution is 7.92. The Bertz CT molecular complexity index is 607. The first kappa shape index (κ1) is 19.0. The summed E-state index contributed by atoms with van der Waals surface area (Å²) in [6.45, 7) is 2.12. The van der Waals surface area contributed by atoms with Gasteiger partial charge in [0.15, 0.2) is 9.84 Å². The number of sulfone groups is 1. The van der Waals surface area contributed by atoms with Crippen LogP contribution in [0.1, 0.15) is 51.0 Å². The largest absolute Gasteiger partial charge is 0.355 e. The van der Waals surface area contributed by atoms with Gasteiger partial charge in [0, 0.05) is 6.54 Å². The molecule has 0 saturated heterocycles. The van der Waals surface area contributed by atoms with Crippen LogP contribution in [0.25, 0.3) is 0 Å². The minimum Gasteiger partial charge on any atom is -0.355 e. The number of carbonyl (C=O) groups is 1. The smallest absolute Gasteiger partial charge is 0.238 e. The minimum atomic E-state index is -3.39. The van der Waals surface area contributed by atoms with Crippen molar-refractivity contribution < 1.29 is 13.2 Å². The molecule has 0 spiro atoms. The molecule has 5 heteroatoms. The molecular formula is C19H29NO3S. The van der Waals surface area contributed by atoms with Crippen molar-refractivity contribution in [3.05, 3.63) is 35.9 Å². The first-order valence-electron chi connectivity index (χ1n) is 9.02. The monoisotopic (exact) mass is 351 g/mol. The van der Waals surface area contributed by atoms with E-state index >= 15 is 0 Å². The van der Waals surface area contributed by atoms with Gasteiger partial charge in [-0.2, -0.15) is 0 Å². The van der Waals surface area contributed by atoms with Crippen molar-refractivity contribution in [2.45, 2.75) is 57.1 Å². The molecule has 0 radical (unpaired) electrons. The Hall–Kier alpha value is -1.36. The third kappa shape index (κ3) is 5.93. The van der Waals surface area contributed by atoms with Gasteiger partial charge in [0.25, 0.3) is 0 Å². The summed E-state index contributed by atoms with van der Waals surface area (Å²) in [6.07, 6.45) is 7.25. The first-order chi connectivity index (χ1) is 11.5. The molecule has 1 N–H and O–H groups in total. The van der Waals surface area contributed by atoms with Gasteiger partial charge in [-0.1, -0.05) is 49.6 Å². The summed E-state index contributed by atoms with van der Waals surface area (Å²) in [5.74, 6) is 0.218. The van der Waals surface area contributed by atoms with E-state index in [2.05, 4.69) is 5.32 Å². The SMILES string of the molecule is CC(C(=O)NCC1CCCCC1)S(=O)(=O)CCCc1ccccc1. The van der Waals surface area contributed by atoms with Gasteiger partial charge in [0.05, 0.1) is 5.75 Å². The first-order valence-corrected chi connectivity index (χ1v) is 10.7. The number of nitrogens with one attached hydrogen (secondary N) is 1. The van der Waals surface area contributed by atoms with E-state index in [0.29, 0.717) is 18.9 Å². The van der Waals surface area contributed by atoms with Gasteiger partial charge in [-0.25, -0.2) is 8.42 Å². The van der Waals surface area contributed by atoms with E-state index in [9.17, 15) is 13.2 Å². The number of benzene rings is 1. The van der Waals surface area contributed by atoms with Gasteiger partial charge in [-0.05, 0) is 44.1 Å². The van der Waals surface area contributed by atoms with Gasteiger partial charge in [-0.15, -0.1) is 0 Å². The topological polar surface area (TPSA) is 63.2 Å². The Morgan fingerprint density at radius 1 is 1.17 bits per heavy atom. The Morgan fingerprint density at radius 3 is 2.50 bits per heavy atom. The summed E-state index contributed by atoms with van der Waals surface area (Å²) in [7, 11) is -3.39. The number of amides is 1. The lowest BCUT2D eigenvalue weighted by Crippen LogP contribution is -2.41. The maximum absolute atomic E-state index is 12.4. The fraction of sp³-hybridized carbons (Fsp3) is 0.632. The van der Waals surface area contributed by atoms with Crippen LogP contribution >= 0.6 is 0 Å². The molecule has 1 saturated carbocycles. The molecule has 24 heavy (non-hydrogen) atoms. The molecule has 0 heterocycles. The van der Waals surface area contributed by atoms with Crippen molar-refractivity contribution in [3.8, 4) is 0 Å². The minimum absolute atomic E-state index is 0.0555. The van der Waals surface area contributed by atoms with E-state index in [-0.39, 0.29) is 11.7 Å². The standard InChI is InChI=1S/C19H29NO3S/c1-16(19(21)20-15-18-11-6-3-7-12-18)24(22,23)14-8-13-17-9-4-2-5-10-17/h2,4-5,9-10,16,18H,3,6-8,11-15H2,1H3,(H,20,21). The molecule has 1 aliphatic rings. The average Bonchev–Trinajstić information content (AvgIpc) is 2.60. The molecule has 1 aliphatic carbocycles. The van der Waals surface area contributed by atoms with Gasteiger partial charge in [0.1, 0.15) is 5.25 Å². The molecule has 0 bridgehead atoms. The highest BCUT2D eigenvalue weighted by Crippen LogP contribution is 2.22. The van der Waals surface area contributed by atoms with Crippen LogP contribution in [0.4, 0.5) is 0 Å². The molecule has 4 nitrogen and oxygen atoms in total. The zero-order chi connectivity index (χ0) is 17.4. The normalized spacial score (nSPS) is 17.4. The van der Waals surface area contributed by atoms with Crippen molar-refractivity contribution in [2.24, 2.45) is 5.92 Å². The molecule has 0 aliphatic heterocycles. The van der Waals surface area contributed by atoms with Crippen molar-refractivity contribution in [1.82, 2.24) is 5.32 Å². The van der Waals surface area contributed by atoms with E-state index in [1.807, 2.05) is 30.3 Å². The Morgan fingerprint density at radius 2 is 1.83 bits per heavy atom. The van der Waals surface area contributed by atoms with Crippen molar-refractivity contribution in [1.29, 1.82) is 0 Å². The summed E-state index contributed by atoms with van der Waals surface area (Å²) in [5, 5.41) is 1.89. The number of carbonyl (C=O) groups excluding carboxylic acids is 1. The van der Waals surface area contributed by atoms with Crippen LogP contribution < -0.4 is 5.32 Å². The second-order valence-electron chi connectivity index (χ2n) is 6.85. The fourth-order valence-corrected chi connectivity index (χ4v) is 4.55. The molecule has 1 aromatic rings. The van der Waals surface area contributed by atoms with E-state index < -0.39 is 15.1 Å². The van der Waals surface area contributed by atoms with Crippen LogP contribution in [0.15, 0.2) is 30.3 Å². The highest BCUT2D eigenvalue weighted by Gasteiger charge is 2.28. The number of hydrogen-bond donors (Lipinski definition) is 1. The molecule has 134 valence electrons. The van der Waals surface area contributed by atoms with Crippen LogP contribution in [0.5, 0.6) is 0 Å². The lowest BCUT2D eigenvalue weighted by molar-refractivity contribution is -0.120. The maximum atomic E-state index is 12.4. The van der Waals surface area contributed by atoms with Gasteiger partial charge < -0.3 is 5.32 Å². The zero-order valence-electron chi connectivity index (χ0n) is 14.5. The Balaban J connectivity index is 1.75. The summed E-state index contributed by atoms with van der Waals surface area (Å²) in [5.41, 5.74) is 1.13. The molecule has 1 aromatic carbocycles. The van der Waals surface area contributed by atoms with Gasteiger partial charge in [0.2, 0.25) is 5.91 Å². The molecule has 0 aromatic heterocycles. The third-order valence-electron chi connectivity index (χ3n) is 4.93. The van der Waals surface area contributed by atoms with Crippen molar-refractivity contribution in [2.75, 3.05) is 12.3 Å². The van der Waals surface area contributed by atoms with Crippen LogP contribution in [-0.2, 0) is 21.1 Å². The average molecular weight is 352 g/mol. The maximum Gasteiger partial charge on any atom is 0.238 e. The van der Waals surface area contributed by atoms with Crippen molar-refractivity contribution >= 4 is 15.7 Å². The van der Waals surface area contributed by atoms with E-state index in [1.165, 1.54) is 26.2 Å². The molecule has 1 atom stereocenters. The molecule has 1 unspecified atom stereocenters. The summed E-state index contributed by atoms with van der Waals surface area (Å²) < 4.78 is 24.7. The van der Waals surface area contributed by atoms with Crippen LogP contribution in [0.3, 0.4) is 0 Å². The number of hydrogen-bond acceptors (Lipinski definition) is 3. The van der Waals surface area contributed by atoms with E-state index in [4.69, 9.17) is 0 Å². The van der Waals surface area contributed by atoms with Crippen molar-refractivity contribution in [3.63, 3.8) is 0 Å².